The van der Waals surface area contributed by atoms with Crippen LogP contribution in [0.1, 0.15) is 16.5 Å². The third kappa shape index (κ3) is 2.83. The molecule has 2 aromatic rings. The molecule has 1 atom stereocenters. The quantitative estimate of drug-likeness (QED) is 0.537. The van der Waals surface area contributed by atoms with E-state index in [1.165, 1.54) is 11.3 Å². The molecule has 0 aliphatic heterocycles. The number of rotatable bonds is 2. The van der Waals surface area contributed by atoms with Gasteiger partial charge >= 0.3 is 0 Å². The molecule has 1 aromatic carbocycles. The van der Waals surface area contributed by atoms with Crippen LogP contribution in [0, 0.1) is 5.82 Å². The highest BCUT2D eigenvalue weighted by Gasteiger charge is 2.20. The average Bonchev–Trinajstić information content (AvgIpc) is 2.66. The van der Waals surface area contributed by atoms with Gasteiger partial charge in [-0.1, -0.05) is 17.7 Å². The maximum absolute atomic E-state index is 14.0. The number of hydrogen-bond acceptors (Lipinski definition) is 2. The minimum Gasteiger partial charge on any atom is -0.320 e. The summed E-state index contributed by atoms with van der Waals surface area (Å²) in [6, 6.07) is 4.66. The maximum Gasteiger partial charge on any atom is 0.148 e. The molecule has 96 valence electrons. The molecular weight excluding hydrogens is 472 g/mol. The van der Waals surface area contributed by atoms with E-state index < -0.39 is 11.9 Å². The molecule has 2 N–H and O–H groups in total. The monoisotopic (exact) mass is 475 g/mol. The van der Waals surface area contributed by atoms with Crippen LogP contribution >= 0.6 is 70.7 Å². The minimum absolute atomic E-state index is 0.0534. The molecule has 2 rings (SSSR count). The van der Waals surface area contributed by atoms with E-state index in [2.05, 4.69) is 47.8 Å². The van der Waals surface area contributed by atoms with Crippen molar-refractivity contribution in [2.24, 2.45) is 5.73 Å². The number of halogens is 5. The van der Waals surface area contributed by atoms with Crippen LogP contribution in [-0.4, -0.2) is 0 Å². The molecule has 7 heteroatoms. The zero-order chi connectivity index (χ0) is 13.4. The van der Waals surface area contributed by atoms with Crippen LogP contribution in [0.3, 0.4) is 0 Å². The van der Waals surface area contributed by atoms with Gasteiger partial charge in [0, 0.05) is 19.4 Å². The first-order valence-corrected chi connectivity index (χ1v) is 8.33. The second-order valence-electron chi connectivity index (χ2n) is 3.51. The molecule has 0 spiro atoms. The Morgan fingerprint density at radius 3 is 2.44 bits per heavy atom. The van der Waals surface area contributed by atoms with Gasteiger partial charge in [-0.25, -0.2) is 4.39 Å². The molecule has 0 amide bonds. The first-order chi connectivity index (χ1) is 8.41. The summed E-state index contributed by atoms with van der Waals surface area (Å²) in [7, 11) is 0. The van der Waals surface area contributed by atoms with Crippen molar-refractivity contribution in [2.45, 2.75) is 6.04 Å². The topological polar surface area (TPSA) is 26.0 Å². The highest BCUT2D eigenvalue weighted by Crippen LogP contribution is 2.38. The number of benzene rings is 1. The van der Waals surface area contributed by atoms with Gasteiger partial charge in [-0.3, -0.25) is 0 Å². The molecule has 0 saturated carbocycles. The first-order valence-electron chi connectivity index (χ1n) is 4.75. The van der Waals surface area contributed by atoms with Gasteiger partial charge in [0.05, 0.1) is 14.9 Å². The van der Waals surface area contributed by atoms with E-state index in [1.807, 2.05) is 6.07 Å². The fraction of sp³-hybridized carbons (Fsp3) is 0.0909. The zero-order valence-corrected chi connectivity index (χ0v) is 15.0. The Labute approximate surface area is 138 Å². The van der Waals surface area contributed by atoms with Crippen molar-refractivity contribution >= 4 is 70.7 Å². The van der Waals surface area contributed by atoms with E-state index in [9.17, 15) is 4.39 Å². The lowest BCUT2D eigenvalue weighted by atomic mass is 10.1. The molecule has 0 fully saturated rings. The Morgan fingerprint density at radius 2 is 1.89 bits per heavy atom. The highest BCUT2D eigenvalue weighted by molar-refractivity contribution is 9.13. The molecule has 0 aliphatic rings. The molecule has 1 heterocycles. The fourth-order valence-corrected chi connectivity index (χ4v) is 4.04. The van der Waals surface area contributed by atoms with E-state index >= 15 is 0 Å². The van der Waals surface area contributed by atoms with Gasteiger partial charge in [0.15, 0.2) is 0 Å². The van der Waals surface area contributed by atoms with Crippen molar-refractivity contribution in [3.63, 3.8) is 0 Å². The molecule has 18 heavy (non-hydrogen) atoms. The molecule has 0 saturated heterocycles. The second-order valence-corrected chi connectivity index (χ2v) is 8.00. The predicted octanol–water partition coefficient (Wildman–Crippen LogP) is 5.88. The summed E-state index contributed by atoms with van der Waals surface area (Å²) in [6.07, 6.45) is 0. The molecule has 1 nitrogen and oxygen atoms in total. The number of thiophene rings is 1. The van der Waals surface area contributed by atoms with Gasteiger partial charge in [0.2, 0.25) is 0 Å². The van der Waals surface area contributed by atoms with Crippen molar-refractivity contribution in [3.8, 4) is 0 Å². The molecule has 0 bridgehead atoms. The van der Waals surface area contributed by atoms with Crippen LogP contribution in [0.25, 0.3) is 0 Å². The highest BCUT2D eigenvalue weighted by atomic mass is 79.9. The molecule has 1 aromatic heterocycles. The summed E-state index contributed by atoms with van der Waals surface area (Å²) >= 11 is 17.3. The third-order valence-corrected chi connectivity index (χ3v) is 6.97. The number of nitrogens with two attached hydrogens (primary N) is 1. The Bertz CT molecular complexity index is 583. The summed E-state index contributed by atoms with van der Waals surface area (Å²) in [5.74, 6) is -0.487. The number of hydrogen-bond donors (Lipinski definition) is 1. The van der Waals surface area contributed by atoms with E-state index in [-0.39, 0.29) is 5.02 Å². The molecule has 0 aliphatic carbocycles. The van der Waals surface area contributed by atoms with Gasteiger partial charge in [-0.2, -0.15) is 0 Å². The van der Waals surface area contributed by atoms with Crippen LogP contribution in [0.4, 0.5) is 4.39 Å². The van der Waals surface area contributed by atoms with Crippen molar-refractivity contribution in [3.05, 3.63) is 52.2 Å². The smallest absolute Gasteiger partial charge is 0.148 e. The Hall–Kier alpha value is 0.540. The molecule has 1 unspecified atom stereocenters. The van der Waals surface area contributed by atoms with Crippen molar-refractivity contribution in [1.82, 2.24) is 0 Å². The van der Waals surface area contributed by atoms with Gasteiger partial charge in [-0.05, 0) is 59.9 Å². The first kappa shape index (κ1) is 14.9. The van der Waals surface area contributed by atoms with Crippen molar-refractivity contribution < 1.29 is 4.39 Å². The lowest BCUT2D eigenvalue weighted by molar-refractivity contribution is 0.600. The van der Waals surface area contributed by atoms with E-state index in [4.69, 9.17) is 17.3 Å². The zero-order valence-electron chi connectivity index (χ0n) is 8.68. The van der Waals surface area contributed by atoms with Gasteiger partial charge in [-0.15, -0.1) is 11.3 Å². The lowest BCUT2D eigenvalue weighted by Crippen LogP contribution is -2.12. The van der Waals surface area contributed by atoms with Gasteiger partial charge in [0.1, 0.15) is 5.82 Å². The Morgan fingerprint density at radius 1 is 1.22 bits per heavy atom. The van der Waals surface area contributed by atoms with Gasteiger partial charge in [0.25, 0.3) is 0 Å². The summed E-state index contributed by atoms with van der Waals surface area (Å²) in [6.45, 7) is 0. The standard InChI is InChI=1S/C11H6Br3ClFNS/c12-5-2-1-4(9(16)8(5)15)10(17)7-3-6(13)11(14)18-7/h1-3,10H,17H2. The van der Waals surface area contributed by atoms with Crippen LogP contribution in [-0.2, 0) is 0 Å². The summed E-state index contributed by atoms with van der Waals surface area (Å²) < 4.78 is 16.4. The minimum atomic E-state index is -0.539. The second kappa shape index (κ2) is 5.89. The summed E-state index contributed by atoms with van der Waals surface area (Å²) in [4.78, 5) is 0.853. The predicted molar refractivity (Wildman–Crippen MR) is 84.9 cm³/mol. The van der Waals surface area contributed by atoms with Crippen LogP contribution in [0.5, 0.6) is 0 Å². The van der Waals surface area contributed by atoms with E-state index in [0.717, 1.165) is 13.1 Å². The van der Waals surface area contributed by atoms with E-state index in [0.29, 0.717) is 10.0 Å². The third-order valence-electron chi connectivity index (χ3n) is 2.37. The molecular formula is C11H6Br3ClFNS. The Balaban J connectivity index is 2.46. The summed E-state index contributed by atoms with van der Waals surface area (Å²) in [5, 5.41) is 0.0534. The largest absolute Gasteiger partial charge is 0.320 e. The maximum atomic E-state index is 14.0. The fourth-order valence-electron chi connectivity index (χ4n) is 1.45. The van der Waals surface area contributed by atoms with Crippen LogP contribution in [0.15, 0.2) is 30.9 Å². The van der Waals surface area contributed by atoms with Crippen LogP contribution in [0.2, 0.25) is 5.02 Å². The summed E-state index contributed by atoms with van der Waals surface area (Å²) in [5.41, 5.74) is 6.45. The van der Waals surface area contributed by atoms with E-state index in [1.54, 1.807) is 12.1 Å². The Kier molecular flexibility index (Phi) is 4.89. The van der Waals surface area contributed by atoms with Gasteiger partial charge < -0.3 is 5.73 Å². The van der Waals surface area contributed by atoms with Crippen molar-refractivity contribution in [1.29, 1.82) is 0 Å². The normalized spacial score (nSPS) is 12.8. The molecule has 0 radical (unpaired) electrons. The van der Waals surface area contributed by atoms with Crippen LogP contribution < -0.4 is 5.73 Å². The average molecular weight is 478 g/mol. The van der Waals surface area contributed by atoms with Crippen molar-refractivity contribution in [2.75, 3.05) is 0 Å². The lowest BCUT2D eigenvalue weighted by Gasteiger charge is -2.12. The SMILES string of the molecule is NC(c1cc(Br)c(Br)s1)c1ccc(Br)c(Cl)c1F.